The van der Waals surface area contributed by atoms with Gasteiger partial charge in [0.2, 0.25) is 0 Å². The Kier molecular flexibility index (Phi) is 10.1. The Morgan fingerprint density at radius 3 is 2.54 bits per heavy atom. The van der Waals surface area contributed by atoms with Crippen LogP contribution in [0.5, 0.6) is 0 Å². The summed E-state index contributed by atoms with van der Waals surface area (Å²) in [4.78, 5) is 4.44. The maximum atomic E-state index is 12.2. The zero-order chi connectivity index (χ0) is 18.1. The smallest absolute Gasteiger partial charge is 0.191 e. The Morgan fingerprint density at radius 1 is 1.19 bits per heavy atom. The number of nitrogens with one attached hydrogen (secondary N) is 2. The molecular weight excluding hydrogens is 485 g/mol. The van der Waals surface area contributed by atoms with Crippen LogP contribution in [0.15, 0.2) is 57.0 Å². The number of aliphatic hydroxyl groups excluding tert-OH is 1. The lowest BCUT2D eigenvalue weighted by molar-refractivity contribution is 0.200. The molecule has 6 nitrogen and oxygen atoms in total. The summed E-state index contributed by atoms with van der Waals surface area (Å²) < 4.78 is 24.6. The van der Waals surface area contributed by atoms with Gasteiger partial charge in [0.15, 0.2) is 15.8 Å². The van der Waals surface area contributed by atoms with E-state index in [9.17, 15) is 13.5 Å². The minimum Gasteiger partial charge on any atom is -0.390 e. The van der Waals surface area contributed by atoms with E-state index < -0.39 is 15.9 Å². The SMILES string of the molecule is CCNC(=NCc1ccccc1)NCC(O)CS(=O)(=O)c1cccs1.I. The highest BCUT2D eigenvalue weighted by atomic mass is 127. The van der Waals surface area contributed by atoms with Crippen LogP contribution in [0.25, 0.3) is 0 Å². The van der Waals surface area contributed by atoms with Gasteiger partial charge in [-0.1, -0.05) is 36.4 Å². The van der Waals surface area contributed by atoms with Crippen molar-refractivity contribution in [3.63, 3.8) is 0 Å². The molecule has 3 N–H and O–H groups in total. The Labute approximate surface area is 175 Å². The second kappa shape index (κ2) is 11.5. The Hall–Kier alpha value is -1.17. The average molecular weight is 509 g/mol. The van der Waals surface area contributed by atoms with Crippen LogP contribution in [0.3, 0.4) is 0 Å². The fourth-order valence-electron chi connectivity index (χ4n) is 2.14. The Bertz CT molecular complexity index is 766. The van der Waals surface area contributed by atoms with Crippen LogP contribution in [0, 0.1) is 0 Å². The number of hydrogen-bond donors (Lipinski definition) is 3. The van der Waals surface area contributed by atoms with Crippen molar-refractivity contribution in [2.45, 2.75) is 23.8 Å². The van der Waals surface area contributed by atoms with E-state index >= 15 is 0 Å². The number of rotatable bonds is 8. The summed E-state index contributed by atoms with van der Waals surface area (Å²) in [5.74, 6) is 0.220. The quantitative estimate of drug-likeness (QED) is 0.289. The summed E-state index contributed by atoms with van der Waals surface area (Å²) in [6.07, 6.45) is -1.02. The van der Waals surface area contributed by atoms with E-state index in [1.807, 2.05) is 37.3 Å². The highest BCUT2D eigenvalue weighted by Gasteiger charge is 2.20. The fourth-order valence-corrected chi connectivity index (χ4v) is 4.62. The zero-order valence-electron chi connectivity index (χ0n) is 14.5. The lowest BCUT2D eigenvalue weighted by Crippen LogP contribution is -2.42. The number of sulfone groups is 1. The van der Waals surface area contributed by atoms with Gasteiger partial charge >= 0.3 is 0 Å². The molecule has 0 bridgehead atoms. The van der Waals surface area contributed by atoms with E-state index in [1.54, 1.807) is 17.5 Å². The highest BCUT2D eigenvalue weighted by Crippen LogP contribution is 2.17. The summed E-state index contributed by atoms with van der Waals surface area (Å²) in [5.41, 5.74) is 1.07. The number of thiophene rings is 1. The molecule has 0 aliphatic carbocycles. The summed E-state index contributed by atoms with van der Waals surface area (Å²) >= 11 is 1.15. The number of aliphatic imine (C=N–C) groups is 1. The predicted molar refractivity (Wildman–Crippen MR) is 117 cm³/mol. The van der Waals surface area contributed by atoms with Gasteiger partial charge < -0.3 is 15.7 Å². The number of nitrogens with zero attached hydrogens (tertiary/aromatic N) is 1. The maximum absolute atomic E-state index is 12.2. The van der Waals surface area contributed by atoms with E-state index in [0.717, 1.165) is 16.9 Å². The first-order chi connectivity index (χ1) is 12.0. The molecule has 1 unspecified atom stereocenters. The summed E-state index contributed by atoms with van der Waals surface area (Å²) in [7, 11) is -3.46. The van der Waals surface area contributed by atoms with Crippen molar-refractivity contribution in [2.24, 2.45) is 4.99 Å². The van der Waals surface area contributed by atoms with Crippen molar-refractivity contribution in [3.8, 4) is 0 Å². The van der Waals surface area contributed by atoms with Crippen LogP contribution in [0.1, 0.15) is 12.5 Å². The summed E-state index contributed by atoms with van der Waals surface area (Å²) in [6, 6.07) is 13.0. The minimum absolute atomic E-state index is 0. The van der Waals surface area contributed by atoms with Crippen molar-refractivity contribution in [3.05, 3.63) is 53.4 Å². The number of aliphatic hydroxyl groups is 1. The van der Waals surface area contributed by atoms with Gasteiger partial charge in [-0.25, -0.2) is 13.4 Å². The van der Waals surface area contributed by atoms with E-state index in [2.05, 4.69) is 15.6 Å². The molecule has 9 heteroatoms. The van der Waals surface area contributed by atoms with E-state index in [4.69, 9.17) is 0 Å². The van der Waals surface area contributed by atoms with Gasteiger partial charge in [0.05, 0.1) is 18.4 Å². The van der Waals surface area contributed by atoms with Gasteiger partial charge in [-0.2, -0.15) is 0 Å². The van der Waals surface area contributed by atoms with Crippen LogP contribution < -0.4 is 10.6 Å². The Balaban J connectivity index is 0.00000338. The first-order valence-corrected chi connectivity index (χ1v) is 10.5. The third-order valence-corrected chi connectivity index (χ3v) is 6.61. The molecule has 26 heavy (non-hydrogen) atoms. The first-order valence-electron chi connectivity index (χ1n) is 8.01. The molecule has 0 fully saturated rings. The molecule has 0 spiro atoms. The third-order valence-electron chi connectivity index (χ3n) is 3.33. The second-order valence-corrected chi connectivity index (χ2v) is 8.64. The third kappa shape index (κ3) is 7.60. The first kappa shape index (κ1) is 22.9. The molecule has 1 atom stereocenters. The van der Waals surface area contributed by atoms with Crippen LogP contribution in [-0.4, -0.2) is 44.4 Å². The molecule has 2 aromatic rings. The van der Waals surface area contributed by atoms with Gasteiger partial charge in [-0.05, 0) is 23.9 Å². The number of hydrogen-bond acceptors (Lipinski definition) is 5. The molecule has 1 aromatic carbocycles. The molecular formula is C17H24IN3O3S2. The van der Waals surface area contributed by atoms with E-state index in [0.29, 0.717) is 19.0 Å². The minimum atomic E-state index is -3.46. The van der Waals surface area contributed by atoms with Crippen molar-refractivity contribution in [1.82, 2.24) is 10.6 Å². The van der Waals surface area contributed by atoms with Crippen molar-refractivity contribution < 1.29 is 13.5 Å². The highest BCUT2D eigenvalue weighted by molar-refractivity contribution is 14.0. The molecule has 0 radical (unpaired) electrons. The monoisotopic (exact) mass is 509 g/mol. The lowest BCUT2D eigenvalue weighted by atomic mass is 10.2. The molecule has 0 saturated carbocycles. The summed E-state index contributed by atoms with van der Waals surface area (Å²) in [5, 5.41) is 17.8. The molecule has 2 rings (SSSR count). The van der Waals surface area contributed by atoms with Crippen LogP contribution >= 0.6 is 35.3 Å². The van der Waals surface area contributed by atoms with Crippen LogP contribution in [0.4, 0.5) is 0 Å². The van der Waals surface area contributed by atoms with E-state index in [-0.39, 0.29) is 40.5 Å². The van der Waals surface area contributed by atoms with Crippen LogP contribution in [0.2, 0.25) is 0 Å². The molecule has 0 saturated heterocycles. The molecule has 1 aromatic heterocycles. The van der Waals surface area contributed by atoms with Crippen LogP contribution in [-0.2, 0) is 16.4 Å². The molecule has 0 aliphatic heterocycles. The zero-order valence-corrected chi connectivity index (χ0v) is 18.4. The number of guanidine groups is 1. The fraction of sp³-hybridized carbons (Fsp3) is 0.353. The van der Waals surface area contributed by atoms with E-state index in [1.165, 1.54) is 0 Å². The topological polar surface area (TPSA) is 90.8 Å². The van der Waals surface area contributed by atoms with Gasteiger partial charge in [0.25, 0.3) is 0 Å². The predicted octanol–water partition coefficient (Wildman–Crippen LogP) is 2.26. The summed E-state index contributed by atoms with van der Waals surface area (Å²) in [6.45, 7) is 3.21. The molecule has 0 amide bonds. The van der Waals surface area contributed by atoms with Gasteiger partial charge in [-0.3, -0.25) is 0 Å². The normalized spacial score (nSPS) is 12.9. The molecule has 1 heterocycles. The van der Waals surface area contributed by atoms with Crippen molar-refractivity contribution in [1.29, 1.82) is 0 Å². The van der Waals surface area contributed by atoms with Gasteiger partial charge in [0, 0.05) is 13.1 Å². The number of halogens is 1. The Morgan fingerprint density at radius 2 is 1.92 bits per heavy atom. The number of benzene rings is 1. The standard InChI is InChI=1S/C17H23N3O3S2.HI/c1-2-18-17(19-11-14-7-4-3-5-8-14)20-12-15(21)13-25(22,23)16-9-6-10-24-16;/h3-10,15,21H,2,11-13H2,1H3,(H2,18,19,20);1H. The van der Waals surface area contributed by atoms with Crippen molar-refractivity contribution in [2.75, 3.05) is 18.8 Å². The van der Waals surface area contributed by atoms with Gasteiger partial charge in [0.1, 0.15) is 4.21 Å². The molecule has 144 valence electrons. The lowest BCUT2D eigenvalue weighted by Gasteiger charge is -2.15. The largest absolute Gasteiger partial charge is 0.390 e. The van der Waals surface area contributed by atoms with Crippen molar-refractivity contribution >= 4 is 51.1 Å². The molecule has 0 aliphatic rings. The second-order valence-electron chi connectivity index (χ2n) is 5.43. The maximum Gasteiger partial charge on any atom is 0.191 e. The van der Waals surface area contributed by atoms with Gasteiger partial charge in [-0.15, -0.1) is 35.3 Å². The average Bonchev–Trinajstić information content (AvgIpc) is 3.13.